The Morgan fingerprint density at radius 2 is 1.82 bits per heavy atom. The van der Waals surface area contributed by atoms with Gasteiger partial charge in [0.05, 0.1) is 0 Å². The third-order valence-corrected chi connectivity index (χ3v) is 2.55. The van der Waals surface area contributed by atoms with E-state index in [2.05, 4.69) is 0 Å². The first kappa shape index (κ1) is 14.3. The van der Waals surface area contributed by atoms with Gasteiger partial charge in [0.25, 0.3) is 0 Å². The third kappa shape index (κ3) is 3.62. The fourth-order valence-corrected chi connectivity index (χ4v) is 1.52. The van der Waals surface area contributed by atoms with Crippen molar-refractivity contribution in [3.63, 3.8) is 0 Å². The monoisotopic (exact) mass is 250 g/mol. The fourth-order valence-electron chi connectivity index (χ4n) is 1.52. The molecule has 1 rings (SSSR count). The largest absolute Gasteiger partial charge is 0.463 e. The van der Waals surface area contributed by atoms with E-state index in [0.29, 0.717) is 6.42 Å². The third-order valence-electron chi connectivity index (χ3n) is 2.55. The number of ether oxygens (including phenoxy) is 2. The first-order chi connectivity index (χ1) is 7.97. The molecule has 5 atom stereocenters. The average molecular weight is 250 g/mol. The second-order valence-electron chi connectivity index (χ2n) is 3.97. The van der Waals surface area contributed by atoms with Crippen molar-refractivity contribution in [3.05, 3.63) is 0 Å². The second-order valence-corrected chi connectivity index (χ2v) is 3.97. The van der Waals surface area contributed by atoms with Crippen LogP contribution in [0, 0.1) is 0 Å². The Morgan fingerprint density at radius 3 is 2.41 bits per heavy atom. The van der Waals surface area contributed by atoms with Crippen LogP contribution in [0.4, 0.5) is 0 Å². The lowest BCUT2D eigenvalue weighted by molar-refractivity contribution is -0.287. The van der Waals surface area contributed by atoms with Crippen LogP contribution < -0.4 is 0 Å². The number of carbonyl (C=O) groups is 1. The summed E-state index contributed by atoms with van der Waals surface area (Å²) in [5, 5.41) is 37.3. The van der Waals surface area contributed by atoms with E-state index in [1.54, 1.807) is 0 Å². The Morgan fingerprint density at radius 1 is 1.18 bits per heavy atom. The summed E-state index contributed by atoms with van der Waals surface area (Å²) in [5.74, 6) is -0.446. The quantitative estimate of drug-likeness (QED) is 0.432. The summed E-state index contributed by atoms with van der Waals surface area (Å²) >= 11 is 0. The molecule has 1 aliphatic heterocycles. The van der Waals surface area contributed by atoms with Crippen molar-refractivity contribution >= 4 is 5.97 Å². The summed E-state index contributed by atoms with van der Waals surface area (Å²) < 4.78 is 9.62. The van der Waals surface area contributed by atoms with Crippen molar-refractivity contribution < 1.29 is 34.7 Å². The Kier molecular flexibility index (Phi) is 5.29. The smallest absolute Gasteiger partial charge is 0.305 e. The zero-order valence-corrected chi connectivity index (χ0v) is 9.52. The maximum absolute atomic E-state index is 11.1. The fraction of sp³-hybridized carbons (Fsp3) is 0.900. The van der Waals surface area contributed by atoms with E-state index >= 15 is 0 Å². The molecule has 1 unspecified atom stereocenters. The minimum Gasteiger partial charge on any atom is -0.463 e. The first-order valence-corrected chi connectivity index (χ1v) is 5.50. The molecule has 100 valence electrons. The molecule has 0 aromatic rings. The van der Waals surface area contributed by atoms with E-state index in [4.69, 9.17) is 9.47 Å². The van der Waals surface area contributed by atoms with Crippen LogP contribution in [-0.4, -0.2) is 63.7 Å². The number of aliphatic hydroxyl groups excluding tert-OH is 4. The van der Waals surface area contributed by atoms with Gasteiger partial charge in [-0.25, -0.2) is 0 Å². The van der Waals surface area contributed by atoms with E-state index in [-0.39, 0.29) is 13.0 Å². The summed E-state index contributed by atoms with van der Waals surface area (Å²) in [6.07, 6.45) is -6.30. The average Bonchev–Trinajstić information content (AvgIpc) is 2.30. The number of rotatable bonds is 4. The van der Waals surface area contributed by atoms with Gasteiger partial charge in [-0.15, -0.1) is 0 Å². The van der Waals surface area contributed by atoms with Crippen LogP contribution in [0.5, 0.6) is 0 Å². The van der Waals surface area contributed by atoms with Crippen molar-refractivity contribution in [2.24, 2.45) is 0 Å². The summed E-state index contributed by atoms with van der Waals surface area (Å²) in [5.41, 5.74) is 0. The molecule has 7 nitrogen and oxygen atoms in total. The number of hydrogen-bond donors (Lipinski definition) is 4. The number of esters is 1. The van der Waals surface area contributed by atoms with Crippen LogP contribution in [-0.2, 0) is 14.3 Å². The van der Waals surface area contributed by atoms with Crippen molar-refractivity contribution in [1.82, 2.24) is 0 Å². The normalized spacial score (nSPS) is 37.8. The molecule has 1 fully saturated rings. The SMILES string of the molecule is CCCC(=O)OC[C@H]1O[C@H](O)[C@@H](O)[C@@H](O)C1O. The molecule has 0 bridgehead atoms. The minimum atomic E-state index is -1.61. The standard InChI is InChI=1S/C10H18O7/c1-2-3-6(11)16-4-5-7(12)8(13)9(14)10(15)17-5/h5,7-10,12-15H,2-4H2,1H3/t5-,7?,8+,9+,10+/m1/s1. The zero-order valence-electron chi connectivity index (χ0n) is 9.52. The van der Waals surface area contributed by atoms with E-state index in [9.17, 15) is 25.2 Å². The Hall–Kier alpha value is -0.730. The summed E-state index contributed by atoms with van der Waals surface area (Å²) in [7, 11) is 0. The van der Waals surface area contributed by atoms with E-state index < -0.39 is 36.7 Å². The highest BCUT2D eigenvalue weighted by Gasteiger charge is 2.43. The predicted octanol–water partition coefficient (Wildman–Crippen LogP) is -1.87. The van der Waals surface area contributed by atoms with Gasteiger partial charge in [0.15, 0.2) is 6.29 Å². The topological polar surface area (TPSA) is 116 Å². The molecule has 0 amide bonds. The highest BCUT2D eigenvalue weighted by molar-refractivity contribution is 5.69. The Bertz CT molecular complexity index is 257. The van der Waals surface area contributed by atoms with Gasteiger partial charge in [0, 0.05) is 6.42 Å². The van der Waals surface area contributed by atoms with Crippen LogP contribution in [0.3, 0.4) is 0 Å². The van der Waals surface area contributed by atoms with Crippen molar-refractivity contribution in [3.8, 4) is 0 Å². The lowest BCUT2D eigenvalue weighted by atomic mass is 9.99. The van der Waals surface area contributed by atoms with Crippen molar-refractivity contribution in [1.29, 1.82) is 0 Å². The summed E-state index contributed by atoms with van der Waals surface area (Å²) in [6, 6.07) is 0. The molecule has 0 aromatic heterocycles. The van der Waals surface area contributed by atoms with Gasteiger partial charge >= 0.3 is 5.97 Å². The van der Waals surface area contributed by atoms with Gasteiger partial charge in [-0.3, -0.25) is 4.79 Å². The molecule has 17 heavy (non-hydrogen) atoms. The molecular weight excluding hydrogens is 232 g/mol. The number of aliphatic hydroxyl groups is 4. The van der Waals surface area contributed by atoms with Gasteiger partial charge < -0.3 is 29.9 Å². The molecule has 0 radical (unpaired) electrons. The number of carbonyl (C=O) groups excluding carboxylic acids is 1. The van der Waals surface area contributed by atoms with Crippen LogP contribution in [0.2, 0.25) is 0 Å². The zero-order chi connectivity index (χ0) is 13.0. The lowest BCUT2D eigenvalue weighted by Crippen LogP contribution is -2.58. The highest BCUT2D eigenvalue weighted by Crippen LogP contribution is 2.20. The lowest BCUT2D eigenvalue weighted by Gasteiger charge is -2.37. The first-order valence-electron chi connectivity index (χ1n) is 5.50. The van der Waals surface area contributed by atoms with Crippen LogP contribution in [0.15, 0.2) is 0 Å². The van der Waals surface area contributed by atoms with Gasteiger partial charge in [-0.05, 0) is 6.42 Å². The molecule has 1 heterocycles. The summed E-state index contributed by atoms with van der Waals surface area (Å²) in [4.78, 5) is 11.1. The van der Waals surface area contributed by atoms with Crippen LogP contribution >= 0.6 is 0 Å². The number of hydrogen-bond acceptors (Lipinski definition) is 7. The second kappa shape index (κ2) is 6.27. The minimum absolute atomic E-state index is 0.247. The van der Waals surface area contributed by atoms with Gasteiger partial charge in [-0.2, -0.15) is 0 Å². The summed E-state index contributed by atoms with van der Waals surface area (Å²) in [6.45, 7) is 1.54. The van der Waals surface area contributed by atoms with E-state index in [0.717, 1.165) is 0 Å². The highest BCUT2D eigenvalue weighted by atomic mass is 16.6. The van der Waals surface area contributed by atoms with Crippen LogP contribution in [0.1, 0.15) is 19.8 Å². The predicted molar refractivity (Wildman–Crippen MR) is 54.8 cm³/mol. The molecule has 1 aliphatic rings. The molecule has 0 aromatic carbocycles. The van der Waals surface area contributed by atoms with Crippen molar-refractivity contribution in [2.45, 2.75) is 50.5 Å². The Labute approximate surface area is 98.6 Å². The van der Waals surface area contributed by atoms with Gasteiger partial charge in [0.1, 0.15) is 31.0 Å². The molecule has 0 aliphatic carbocycles. The van der Waals surface area contributed by atoms with E-state index in [1.807, 2.05) is 6.92 Å². The molecule has 0 spiro atoms. The molecule has 1 saturated heterocycles. The molecule has 4 N–H and O–H groups in total. The molecule has 7 heteroatoms. The van der Waals surface area contributed by atoms with Crippen molar-refractivity contribution in [2.75, 3.05) is 6.61 Å². The Balaban J connectivity index is 2.45. The van der Waals surface area contributed by atoms with Gasteiger partial charge in [0.2, 0.25) is 0 Å². The van der Waals surface area contributed by atoms with E-state index in [1.165, 1.54) is 0 Å². The molecule has 0 saturated carbocycles. The maximum atomic E-state index is 11.1. The molecular formula is C10H18O7. The van der Waals surface area contributed by atoms with Crippen LogP contribution in [0.25, 0.3) is 0 Å². The maximum Gasteiger partial charge on any atom is 0.305 e. The van der Waals surface area contributed by atoms with Gasteiger partial charge in [-0.1, -0.05) is 6.92 Å².